The summed E-state index contributed by atoms with van der Waals surface area (Å²) in [6.07, 6.45) is 6.79. The standard InChI is InChI=1S/C22H23FN2/c1-4-5-6-7-16-8-11-20-18(12-16)21-15(3)19(23)10-9-17(21)22-24-14(2)13-25(20)22/h8-13H,4-7H2,1-3H3. The van der Waals surface area contributed by atoms with E-state index in [1.54, 1.807) is 6.07 Å². The fourth-order valence-corrected chi connectivity index (χ4v) is 3.82. The first-order chi connectivity index (χ1) is 12.1. The van der Waals surface area contributed by atoms with Crippen molar-refractivity contribution in [2.45, 2.75) is 46.5 Å². The normalized spacial score (nSPS) is 11.8. The molecule has 0 unspecified atom stereocenters. The number of aromatic nitrogens is 2. The van der Waals surface area contributed by atoms with Crippen molar-refractivity contribution in [3.63, 3.8) is 0 Å². The number of aryl methyl sites for hydroxylation is 3. The van der Waals surface area contributed by atoms with Crippen molar-refractivity contribution in [1.82, 2.24) is 9.38 Å². The average Bonchev–Trinajstić information content (AvgIpc) is 2.99. The number of imidazole rings is 1. The Morgan fingerprint density at radius 2 is 1.88 bits per heavy atom. The lowest BCUT2D eigenvalue weighted by Crippen LogP contribution is -1.95. The van der Waals surface area contributed by atoms with Crippen LogP contribution in [-0.2, 0) is 6.42 Å². The molecular weight excluding hydrogens is 311 g/mol. The summed E-state index contributed by atoms with van der Waals surface area (Å²) >= 11 is 0. The van der Waals surface area contributed by atoms with Gasteiger partial charge in [-0.15, -0.1) is 0 Å². The Bertz CT molecular complexity index is 1090. The lowest BCUT2D eigenvalue weighted by molar-refractivity contribution is 0.621. The summed E-state index contributed by atoms with van der Waals surface area (Å²) in [5.41, 5.74) is 5.00. The second kappa shape index (κ2) is 6.14. The van der Waals surface area contributed by atoms with Gasteiger partial charge in [-0.1, -0.05) is 25.8 Å². The number of pyridine rings is 1. The van der Waals surface area contributed by atoms with Crippen LogP contribution < -0.4 is 0 Å². The number of nitrogens with zero attached hydrogens (tertiary/aromatic N) is 2. The second-order valence-corrected chi connectivity index (χ2v) is 6.98. The smallest absolute Gasteiger partial charge is 0.145 e. The van der Waals surface area contributed by atoms with Crippen LogP contribution in [0.25, 0.3) is 27.3 Å². The van der Waals surface area contributed by atoms with E-state index in [1.807, 2.05) is 19.9 Å². The van der Waals surface area contributed by atoms with Gasteiger partial charge in [0, 0.05) is 22.4 Å². The van der Waals surface area contributed by atoms with E-state index in [2.05, 4.69) is 40.7 Å². The average molecular weight is 334 g/mol. The Balaban J connectivity index is 2.08. The lowest BCUT2D eigenvalue weighted by Gasteiger charge is -2.12. The topological polar surface area (TPSA) is 17.3 Å². The molecule has 0 radical (unpaired) electrons. The molecule has 2 heterocycles. The molecule has 128 valence electrons. The number of benzene rings is 2. The van der Waals surface area contributed by atoms with E-state index in [4.69, 9.17) is 0 Å². The predicted octanol–water partition coefficient (Wildman–Crippen LogP) is 6.13. The van der Waals surface area contributed by atoms with Gasteiger partial charge in [0.2, 0.25) is 0 Å². The highest BCUT2D eigenvalue weighted by Crippen LogP contribution is 2.33. The molecule has 4 aromatic rings. The molecule has 0 aliphatic carbocycles. The Hall–Kier alpha value is -2.42. The Labute approximate surface area is 147 Å². The number of fused-ring (bicyclic) bond motifs is 6. The third-order valence-electron chi connectivity index (χ3n) is 5.13. The summed E-state index contributed by atoms with van der Waals surface area (Å²) in [6, 6.07) is 10.0. The number of unbranched alkanes of at least 4 members (excludes halogenated alkanes) is 2. The summed E-state index contributed by atoms with van der Waals surface area (Å²) in [7, 11) is 0. The number of hydrogen-bond acceptors (Lipinski definition) is 1. The molecule has 4 rings (SSSR count). The lowest BCUT2D eigenvalue weighted by atomic mass is 9.98. The molecule has 0 bridgehead atoms. The van der Waals surface area contributed by atoms with Gasteiger partial charge in [0.1, 0.15) is 11.5 Å². The van der Waals surface area contributed by atoms with Gasteiger partial charge in [0.15, 0.2) is 0 Å². The van der Waals surface area contributed by atoms with Crippen molar-refractivity contribution in [2.24, 2.45) is 0 Å². The third-order valence-corrected chi connectivity index (χ3v) is 5.13. The maximum Gasteiger partial charge on any atom is 0.145 e. The second-order valence-electron chi connectivity index (χ2n) is 6.98. The summed E-state index contributed by atoms with van der Waals surface area (Å²) in [6.45, 7) is 6.09. The minimum atomic E-state index is -0.155. The highest BCUT2D eigenvalue weighted by Gasteiger charge is 2.14. The summed E-state index contributed by atoms with van der Waals surface area (Å²) in [5.74, 6) is -0.155. The van der Waals surface area contributed by atoms with Gasteiger partial charge in [-0.25, -0.2) is 9.37 Å². The molecule has 0 aliphatic heterocycles. The van der Waals surface area contributed by atoms with E-state index in [0.717, 1.165) is 39.4 Å². The molecular formula is C22H23FN2. The highest BCUT2D eigenvalue weighted by molar-refractivity contribution is 6.13. The SMILES string of the molecule is CCCCCc1ccc2c(c1)c1c(C)c(F)ccc1c1nc(C)cn21. The molecule has 0 aliphatic rings. The molecule has 0 saturated carbocycles. The van der Waals surface area contributed by atoms with Crippen LogP contribution >= 0.6 is 0 Å². The summed E-state index contributed by atoms with van der Waals surface area (Å²) < 4.78 is 16.4. The first-order valence-electron chi connectivity index (χ1n) is 9.09. The van der Waals surface area contributed by atoms with Gasteiger partial charge in [0.25, 0.3) is 0 Å². The van der Waals surface area contributed by atoms with Gasteiger partial charge in [-0.2, -0.15) is 0 Å². The molecule has 0 atom stereocenters. The minimum Gasteiger partial charge on any atom is -0.299 e. The van der Waals surface area contributed by atoms with Gasteiger partial charge in [-0.05, 0) is 62.1 Å². The first kappa shape index (κ1) is 16.1. The van der Waals surface area contributed by atoms with E-state index >= 15 is 0 Å². The zero-order valence-corrected chi connectivity index (χ0v) is 15.1. The van der Waals surface area contributed by atoms with Crippen molar-refractivity contribution < 1.29 is 4.39 Å². The molecule has 0 N–H and O–H groups in total. The van der Waals surface area contributed by atoms with E-state index in [0.29, 0.717) is 5.56 Å². The van der Waals surface area contributed by atoms with E-state index < -0.39 is 0 Å². The third kappa shape index (κ3) is 2.58. The minimum absolute atomic E-state index is 0.155. The van der Waals surface area contributed by atoms with Crippen LogP contribution in [-0.4, -0.2) is 9.38 Å². The summed E-state index contributed by atoms with van der Waals surface area (Å²) in [5, 5.41) is 3.13. The van der Waals surface area contributed by atoms with Crippen LogP contribution in [0.15, 0.2) is 36.5 Å². The summed E-state index contributed by atoms with van der Waals surface area (Å²) in [4.78, 5) is 4.69. The van der Waals surface area contributed by atoms with E-state index in [1.165, 1.54) is 24.8 Å². The fraction of sp³-hybridized carbons (Fsp3) is 0.318. The Kier molecular flexibility index (Phi) is 3.95. The van der Waals surface area contributed by atoms with Gasteiger partial charge in [0.05, 0.1) is 11.2 Å². The molecule has 2 aromatic carbocycles. The van der Waals surface area contributed by atoms with Crippen molar-refractivity contribution in [3.8, 4) is 0 Å². The quantitative estimate of drug-likeness (QED) is 0.324. The van der Waals surface area contributed by atoms with Crippen LogP contribution in [0, 0.1) is 19.7 Å². The highest BCUT2D eigenvalue weighted by atomic mass is 19.1. The van der Waals surface area contributed by atoms with Crippen LogP contribution in [0.4, 0.5) is 4.39 Å². The van der Waals surface area contributed by atoms with Crippen molar-refractivity contribution in [1.29, 1.82) is 0 Å². The number of halogens is 1. The van der Waals surface area contributed by atoms with Crippen LogP contribution in [0.2, 0.25) is 0 Å². The van der Waals surface area contributed by atoms with E-state index in [-0.39, 0.29) is 5.82 Å². The molecule has 0 fully saturated rings. The fourth-order valence-electron chi connectivity index (χ4n) is 3.82. The maximum absolute atomic E-state index is 14.3. The van der Waals surface area contributed by atoms with Crippen molar-refractivity contribution >= 4 is 27.3 Å². The predicted molar refractivity (Wildman–Crippen MR) is 103 cm³/mol. The van der Waals surface area contributed by atoms with Gasteiger partial charge in [-0.3, -0.25) is 4.40 Å². The molecule has 2 nitrogen and oxygen atoms in total. The first-order valence-corrected chi connectivity index (χ1v) is 9.09. The van der Waals surface area contributed by atoms with Crippen LogP contribution in [0.3, 0.4) is 0 Å². The van der Waals surface area contributed by atoms with Crippen molar-refractivity contribution in [3.05, 3.63) is 59.2 Å². The molecule has 0 spiro atoms. The monoisotopic (exact) mass is 334 g/mol. The molecule has 3 heteroatoms. The van der Waals surface area contributed by atoms with Crippen LogP contribution in [0.1, 0.15) is 43.0 Å². The Morgan fingerprint density at radius 1 is 1.04 bits per heavy atom. The molecule has 0 amide bonds. The zero-order chi connectivity index (χ0) is 17.6. The molecule has 0 saturated heterocycles. The van der Waals surface area contributed by atoms with E-state index in [9.17, 15) is 4.39 Å². The van der Waals surface area contributed by atoms with Gasteiger partial charge >= 0.3 is 0 Å². The van der Waals surface area contributed by atoms with Crippen LogP contribution in [0.5, 0.6) is 0 Å². The maximum atomic E-state index is 14.3. The number of rotatable bonds is 4. The Morgan fingerprint density at radius 3 is 2.68 bits per heavy atom. The molecule has 2 aromatic heterocycles. The van der Waals surface area contributed by atoms with Crippen molar-refractivity contribution in [2.75, 3.05) is 0 Å². The van der Waals surface area contributed by atoms with Gasteiger partial charge < -0.3 is 0 Å². The largest absolute Gasteiger partial charge is 0.299 e. The zero-order valence-electron chi connectivity index (χ0n) is 15.1. The molecule has 25 heavy (non-hydrogen) atoms. The number of hydrogen-bond donors (Lipinski definition) is 0.